The number of ether oxygens (including phenoxy) is 1. The average Bonchev–Trinajstić information content (AvgIpc) is 3.38. The Bertz CT molecular complexity index is 1490. The molecule has 0 aliphatic rings. The van der Waals surface area contributed by atoms with Crippen LogP contribution in [0.25, 0.3) is 16.0 Å². The van der Waals surface area contributed by atoms with Gasteiger partial charge in [0.1, 0.15) is 10.4 Å². The first-order valence-corrected chi connectivity index (χ1v) is 10.9. The van der Waals surface area contributed by atoms with Gasteiger partial charge in [-0.25, -0.2) is 13.9 Å². The molecule has 31 heavy (non-hydrogen) atoms. The van der Waals surface area contributed by atoms with Crippen LogP contribution in [0.1, 0.15) is 18.1 Å². The minimum atomic E-state index is -0.269. The molecule has 0 atom stereocenters. The van der Waals surface area contributed by atoms with Crippen LogP contribution in [0.5, 0.6) is 5.75 Å². The summed E-state index contributed by atoms with van der Waals surface area (Å²) >= 11 is 1.33. The summed E-state index contributed by atoms with van der Waals surface area (Å²) in [5.41, 5.74) is 1.97. The largest absolute Gasteiger partial charge is 0.494 e. The molecule has 0 spiro atoms. The van der Waals surface area contributed by atoms with Gasteiger partial charge < -0.3 is 4.74 Å². The van der Waals surface area contributed by atoms with Crippen molar-refractivity contribution < 1.29 is 4.74 Å². The fraction of sp³-hybridized carbons (Fsp3) is 0.174. The van der Waals surface area contributed by atoms with E-state index < -0.39 is 0 Å². The van der Waals surface area contributed by atoms with Gasteiger partial charge in [-0.1, -0.05) is 48.5 Å². The molecule has 0 N–H and O–H groups in total. The van der Waals surface area contributed by atoms with E-state index in [1.807, 2.05) is 66.9 Å². The molecule has 0 amide bonds. The number of rotatable bonds is 6. The minimum absolute atomic E-state index is 0.166. The molecule has 5 rings (SSSR count). The van der Waals surface area contributed by atoms with Crippen molar-refractivity contribution in [2.75, 3.05) is 6.61 Å². The third-order valence-electron chi connectivity index (χ3n) is 5.16. The van der Waals surface area contributed by atoms with Crippen LogP contribution >= 0.6 is 11.3 Å². The molecule has 3 aromatic heterocycles. The average molecular weight is 433 g/mol. The van der Waals surface area contributed by atoms with Crippen LogP contribution < -0.4 is 16.0 Å². The Morgan fingerprint density at radius 3 is 2.55 bits per heavy atom. The molecular weight excluding hydrogens is 412 g/mol. The number of aromatic nitrogens is 4. The quantitative estimate of drug-likeness (QED) is 0.413. The van der Waals surface area contributed by atoms with Crippen LogP contribution in [0.4, 0.5) is 0 Å². The lowest BCUT2D eigenvalue weighted by Crippen LogP contribution is -2.26. The number of hydrogen-bond donors (Lipinski definition) is 0. The predicted octanol–water partition coefficient (Wildman–Crippen LogP) is 3.37. The Kier molecular flexibility index (Phi) is 4.91. The first-order chi connectivity index (χ1) is 15.2. The van der Waals surface area contributed by atoms with Crippen LogP contribution in [0, 0.1) is 0 Å². The van der Waals surface area contributed by atoms with E-state index in [1.54, 1.807) is 10.6 Å². The van der Waals surface area contributed by atoms with E-state index >= 15 is 0 Å². The lowest BCUT2D eigenvalue weighted by atomic mass is 10.2. The number of para-hydroxylation sites is 1. The topological polar surface area (TPSA) is 70.5 Å². The monoisotopic (exact) mass is 432 g/mol. The predicted molar refractivity (Wildman–Crippen MR) is 121 cm³/mol. The van der Waals surface area contributed by atoms with Crippen molar-refractivity contribution in [3.05, 3.63) is 98.0 Å². The normalized spacial score (nSPS) is 11.4. The Morgan fingerprint density at radius 1 is 0.968 bits per heavy atom. The first kappa shape index (κ1) is 19.3. The summed E-state index contributed by atoms with van der Waals surface area (Å²) in [6.45, 7) is 3.03. The molecule has 0 aliphatic carbocycles. The second-order valence-corrected chi connectivity index (χ2v) is 8.04. The Balaban J connectivity index is 1.72. The highest BCUT2D eigenvalue weighted by Crippen LogP contribution is 2.22. The Morgan fingerprint density at radius 2 is 1.74 bits per heavy atom. The first-order valence-electron chi connectivity index (χ1n) is 10.0. The van der Waals surface area contributed by atoms with Gasteiger partial charge in [-0.3, -0.25) is 9.36 Å². The summed E-state index contributed by atoms with van der Waals surface area (Å²) in [5, 5.41) is 6.39. The van der Waals surface area contributed by atoms with E-state index in [0.717, 1.165) is 11.1 Å². The molecule has 5 aromatic rings. The molecule has 0 radical (unpaired) electrons. The molecule has 2 aromatic carbocycles. The number of thiophene rings is 1. The minimum Gasteiger partial charge on any atom is -0.494 e. The van der Waals surface area contributed by atoms with Gasteiger partial charge in [0.05, 0.1) is 25.2 Å². The van der Waals surface area contributed by atoms with Gasteiger partial charge in [-0.2, -0.15) is 0 Å². The van der Waals surface area contributed by atoms with Crippen molar-refractivity contribution in [1.82, 2.24) is 18.7 Å². The summed E-state index contributed by atoms with van der Waals surface area (Å²) in [6, 6.07) is 19.1. The third kappa shape index (κ3) is 3.34. The van der Waals surface area contributed by atoms with Crippen LogP contribution in [0.3, 0.4) is 0 Å². The molecule has 8 heteroatoms. The number of benzene rings is 2. The van der Waals surface area contributed by atoms with Gasteiger partial charge in [-0.05, 0) is 30.0 Å². The second-order valence-electron chi connectivity index (χ2n) is 7.13. The number of nitrogens with zero attached hydrogens (tertiary/aromatic N) is 4. The Labute approximate surface area is 181 Å². The summed E-state index contributed by atoms with van der Waals surface area (Å²) in [4.78, 5) is 26.6. The fourth-order valence-electron chi connectivity index (χ4n) is 3.74. The molecule has 0 aliphatic heterocycles. The SMILES string of the molecule is CCOc1ccccc1Cn1c(=O)c2sccc2n2c(=O)n(Cc3ccccc3)nc12. The van der Waals surface area contributed by atoms with Crippen molar-refractivity contribution >= 4 is 27.3 Å². The molecule has 0 saturated heterocycles. The number of hydrogen-bond acceptors (Lipinski definition) is 5. The highest BCUT2D eigenvalue weighted by Gasteiger charge is 2.19. The lowest BCUT2D eigenvalue weighted by Gasteiger charge is -2.12. The lowest BCUT2D eigenvalue weighted by molar-refractivity contribution is 0.336. The van der Waals surface area contributed by atoms with Gasteiger partial charge in [-0.15, -0.1) is 16.4 Å². The molecule has 0 bridgehead atoms. The van der Waals surface area contributed by atoms with Crippen LogP contribution in [0.2, 0.25) is 0 Å². The molecule has 0 saturated carbocycles. The zero-order valence-electron chi connectivity index (χ0n) is 16.9. The third-order valence-corrected chi connectivity index (χ3v) is 6.06. The maximum Gasteiger partial charge on any atom is 0.352 e. The summed E-state index contributed by atoms with van der Waals surface area (Å²) in [5.74, 6) is 1.04. The van der Waals surface area contributed by atoms with Crippen molar-refractivity contribution in [3.63, 3.8) is 0 Å². The van der Waals surface area contributed by atoms with Crippen molar-refractivity contribution in [1.29, 1.82) is 0 Å². The zero-order chi connectivity index (χ0) is 21.4. The number of fused-ring (bicyclic) bond motifs is 3. The van der Waals surface area contributed by atoms with Gasteiger partial charge in [0, 0.05) is 5.56 Å². The fourth-order valence-corrected chi connectivity index (χ4v) is 4.56. The summed E-state index contributed by atoms with van der Waals surface area (Å²) < 4.78 is 10.8. The van der Waals surface area contributed by atoms with E-state index in [4.69, 9.17) is 4.74 Å². The summed E-state index contributed by atoms with van der Waals surface area (Å²) in [7, 11) is 0. The molecule has 7 nitrogen and oxygen atoms in total. The summed E-state index contributed by atoms with van der Waals surface area (Å²) in [6.07, 6.45) is 0. The maximum atomic E-state index is 13.3. The molecular formula is C23H20N4O3S. The van der Waals surface area contributed by atoms with Crippen LogP contribution in [0.15, 0.2) is 75.6 Å². The van der Waals surface area contributed by atoms with E-state index in [9.17, 15) is 9.59 Å². The molecule has 3 heterocycles. The van der Waals surface area contributed by atoms with Gasteiger partial charge in [0.2, 0.25) is 5.78 Å². The van der Waals surface area contributed by atoms with Crippen molar-refractivity contribution in [2.24, 2.45) is 0 Å². The van der Waals surface area contributed by atoms with Gasteiger partial charge in [0.15, 0.2) is 0 Å². The van der Waals surface area contributed by atoms with Crippen LogP contribution in [-0.4, -0.2) is 25.4 Å². The Hall–Kier alpha value is -3.65. The van der Waals surface area contributed by atoms with Crippen LogP contribution in [-0.2, 0) is 13.1 Å². The van der Waals surface area contributed by atoms with Crippen molar-refractivity contribution in [2.45, 2.75) is 20.0 Å². The van der Waals surface area contributed by atoms with E-state index in [2.05, 4.69) is 5.10 Å². The molecule has 0 fully saturated rings. The van der Waals surface area contributed by atoms with Gasteiger partial charge >= 0.3 is 5.69 Å². The van der Waals surface area contributed by atoms with E-state index in [1.165, 1.54) is 20.4 Å². The van der Waals surface area contributed by atoms with E-state index in [-0.39, 0.29) is 17.8 Å². The second kappa shape index (κ2) is 7.88. The van der Waals surface area contributed by atoms with Gasteiger partial charge in [0.25, 0.3) is 5.56 Å². The standard InChI is InChI=1S/C23H20N4O3S/c1-2-30-19-11-7-6-10-17(19)15-25-21(28)20-18(12-13-31-20)27-22(25)24-26(23(27)29)14-16-8-4-3-5-9-16/h3-13H,2,14-15H2,1H3. The van der Waals surface area contributed by atoms with E-state index in [0.29, 0.717) is 34.9 Å². The maximum absolute atomic E-state index is 13.3. The highest BCUT2D eigenvalue weighted by molar-refractivity contribution is 7.17. The smallest absolute Gasteiger partial charge is 0.352 e. The zero-order valence-corrected chi connectivity index (χ0v) is 17.7. The molecule has 156 valence electrons. The van der Waals surface area contributed by atoms with Crippen molar-refractivity contribution in [3.8, 4) is 5.75 Å². The highest BCUT2D eigenvalue weighted by atomic mass is 32.1. The molecule has 0 unspecified atom stereocenters.